The van der Waals surface area contributed by atoms with Crippen molar-refractivity contribution in [3.05, 3.63) is 49.4 Å². The number of rotatable bonds is 12. The van der Waals surface area contributed by atoms with Crippen molar-refractivity contribution >= 4 is 34.2 Å². The molecule has 3 rings (SSSR count). The SMILES string of the molecule is CC(O)N(CCNC=c1c(O)cc(=O)c2[nH]c3c(C(=O)NCCN(C(C)O)C(C)O)ccc(=O)c3nc12)C(C)O. The van der Waals surface area contributed by atoms with Gasteiger partial charge in [0.05, 0.1) is 16.3 Å². The summed E-state index contributed by atoms with van der Waals surface area (Å²) in [7, 11) is 0. The van der Waals surface area contributed by atoms with Crippen molar-refractivity contribution in [1.82, 2.24) is 30.4 Å². The molecule has 14 nitrogen and oxygen atoms in total. The van der Waals surface area contributed by atoms with Crippen LogP contribution < -0.4 is 26.7 Å². The van der Waals surface area contributed by atoms with Gasteiger partial charge >= 0.3 is 0 Å². The van der Waals surface area contributed by atoms with E-state index >= 15 is 0 Å². The molecular formula is C26H36N6O8. The van der Waals surface area contributed by atoms with Gasteiger partial charge in [-0.3, -0.25) is 24.2 Å². The minimum absolute atomic E-state index is 0.00655. The lowest BCUT2D eigenvalue weighted by molar-refractivity contribution is -0.0830. The molecule has 0 saturated heterocycles. The van der Waals surface area contributed by atoms with Crippen LogP contribution in [0, 0.1) is 0 Å². The molecule has 0 aliphatic rings. The summed E-state index contributed by atoms with van der Waals surface area (Å²) in [6.07, 6.45) is -2.26. The quantitative estimate of drug-likeness (QED) is 0.0678. The van der Waals surface area contributed by atoms with E-state index in [-0.39, 0.29) is 64.8 Å². The molecule has 1 amide bonds. The number of aliphatic hydroxyl groups excluding tert-OH is 4. The largest absolute Gasteiger partial charge is 0.507 e. The number of phenols is 1. The first-order valence-electron chi connectivity index (χ1n) is 12.8. The summed E-state index contributed by atoms with van der Waals surface area (Å²) in [6, 6.07) is 3.46. The standard InChI is InChI=1S/C26H36N6O8/c1-13(33)31(14(2)34)9-7-27-12-18-20(38)11-21(39)25-23(18)30-24-19(37)6-5-17(22(24)29-25)26(40)28-8-10-32(15(3)35)16(4)36/h5-6,11-16,27,29,33-36,38H,7-10H2,1-4H3,(H,28,40). The molecule has 0 radical (unpaired) electrons. The number of nitrogens with one attached hydrogen (secondary N) is 3. The number of carbonyl (C=O) groups excluding carboxylic acids is 1. The second-order valence-corrected chi connectivity index (χ2v) is 9.46. The first kappa shape index (κ1) is 30.9. The lowest BCUT2D eigenvalue weighted by Gasteiger charge is -2.27. The maximum atomic E-state index is 13.0. The van der Waals surface area contributed by atoms with Crippen LogP contribution >= 0.6 is 0 Å². The highest BCUT2D eigenvalue weighted by Gasteiger charge is 2.19. The van der Waals surface area contributed by atoms with Gasteiger partial charge in [0.2, 0.25) is 10.9 Å². The molecule has 0 bridgehead atoms. The average molecular weight is 561 g/mol. The highest BCUT2D eigenvalue weighted by Crippen LogP contribution is 2.15. The number of aromatic nitrogens is 2. The maximum Gasteiger partial charge on any atom is 0.253 e. The monoisotopic (exact) mass is 560 g/mol. The van der Waals surface area contributed by atoms with Crippen LogP contribution in [0.25, 0.3) is 28.3 Å². The number of hydrogen-bond acceptors (Lipinski definition) is 12. The lowest BCUT2D eigenvalue weighted by Crippen LogP contribution is -2.44. The minimum atomic E-state index is -0.941. The van der Waals surface area contributed by atoms with Crippen LogP contribution in [0.2, 0.25) is 0 Å². The smallest absolute Gasteiger partial charge is 0.253 e. The molecule has 0 aliphatic heterocycles. The highest BCUT2D eigenvalue weighted by atomic mass is 16.3. The summed E-state index contributed by atoms with van der Waals surface area (Å²) in [5.74, 6) is -0.950. The topological polar surface area (TPSA) is 212 Å². The van der Waals surface area contributed by atoms with Crippen molar-refractivity contribution in [2.45, 2.75) is 52.6 Å². The van der Waals surface area contributed by atoms with Crippen LogP contribution in [0.3, 0.4) is 0 Å². The number of amides is 1. The summed E-state index contributed by atoms with van der Waals surface area (Å²) in [5.41, 5.74) is -1.19. The summed E-state index contributed by atoms with van der Waals surface area (Å²) in [4.78, 5) is 48.4. The van der Waals surface area contributed by atoms with E-state index in [0.29, 0.717) is 0 Å². The number of nitrogens with zero attached hydrogens (tertiary/aromatic N) is 3. The Labute approximate surface area is 229 Å². The van der Waals surface area contributed by atoms with Gasteiger partial charge in [-0.05, 0) is 39.8 Å². The molecule has 0 fully saturated rings. The van der Waals surface area contributed by atoms with E-state index in [1.807, 2.05) is 0 Å². The van der Waals surface area contributed by atoms with Gasteiger partial charge in [-0.2, -0.15) is 0 Å². The molecule has 0 spiro atoms. The zero-order chi connectivity index (χ0) is 29.7. The van der Waals surface area contributed by atoms with Crippen LogP contribution in [0.5, 0.6) is 5.75 Å². The molecule has 14 heteroatoms. The Kier molecular flexibility index (Phi) is 10.1. The summed E-state index contributed by atoms with van der Waals surface area (Å²) in [6.45, 7) is 6.73. The van der Waals surface area contributed by atoms with Crippen LogP contribution in [0.4, 0.5) is 0 Å². The van der Waals surface area contributed by atoms with Crippen molar-refractivity contribution in [3.8, 4) is 5.75 Å². The van der Waals surface area contributed by atoms with E-state index in [9.17, 15) is 39.9 Å². The van der Waals surface area contributed by atoms with Crippen LogP contribution in [-0.2, 0) is 0 Å². The predicted octanol–water partition coefficient (Wildman–Crippen LogP) is -2.12. The molecule has 1 heterocycles. The molecule has 218 valence electrons. The Morgan fingerprint density at radius 3 is 2.05 bits per heavy atom. The fraction of sp³-hybridized carbons (Fsp3) is 0.462. The number of aromatic amines is 1. The third-order valence-electron chi connectivity index (χ3n) is 6.48. The fourth-order valence-electron chi connectivity index (χ4n) is 4.40. The van der Waals surface area contributed by atoms with Crippen molar-refractivity contribution in [1.29, 1.82) is 0 Å². The minimum Gasteiger partial charge on any atom is -0.507 e. The number of fused-ring (bicyclic) bond motifs is 2. The Morgan fingerprint density at radius 1 is 0.900 bits per heavy atom. The normalized spacial score (nSPS) is 15.5. The van der Waals surface area contributed by atoms with Gasteiger partial charge in [-0.1, -0.05) is 0 Å². The van der Waals surface area contributed by atoms with E-state index in [1.165, 1.54) is 55.8 Å². The van der Waals surface area contributed by atoms with Gasteiger partial charge in [0.1, 0.15) is 47.2 Å². The molecular weight excluding hydrogens is 524 g/mol. The van der Waals surface area contributed by atoms with E-state index in [0.717, 1.165) is 6.07 Å². The Morgan fingerprint density at radius 2 is 1.48 bits per heavy atom. The second kappa shape index (κ2) is 13.1. The average Bonchev–Trinajstić information content (AvgIpc) is 2.86. The number of aromatic hydroxyl groups is 1. The molecule has 3 aromatic rings. The molecule has 40 heavy (non-hydrogen) atoms. The zero-order valence-electron chi connectivity index (χ0n) is 22.7. The molecule has 8 N–H and O–H groups in total. The third-order valence-corrected chi connectivity index (χ3v) is 6.48. The first-order valence-corrected chi connectivity index (χ1v) is 12.8. The van der Waals surface area contributed by atoms with Crippen LogP contribution in [0.1, 0.15) is 38.1 Å². The lowest BCUT2D eigenvalue weighted by atomic mass is 10.1. The molecule has 0 saturated carbocycles. The van der Waals surface area contributed by atoms with E-state index in [1.54, 1.807) is 0 Å². The Balaban J connectivity index is 1.98. The highest BCUT2D eigenvalue weighted by molar-refractivity contribution is 6.06. The summed E-state index contributed by atoms with van der Waals surface area (Å²) >= 11 is 0. The van der Waals surface area contributed by atoms with Gasteiger partial charge in [0.15, 0.2) is 0 Å². The predicted molar refractivity (Wildman–Crippen MR) is 148 cm³/mol. The summed E-state index contributed by atoms with van der Waals surface area (Å²) in [5, 5.41) is 55.3. The van der Waals surface area contributed by atoms with Crippen molar-refractivity contribution in [3.63, 3.8) is 0 Å². The number of carbonyl (C=O) groups is 1. The number of phenolic OH excluding ortho intramolecular Hbond substituents is 1. The van der Waals surface area contributed by atoms with E-state index in [2.05, 4.69) is 20.6 Å². The van der Waals surface area contributed by atoms with Crippen molar-refractivity contribution in [2.24, 2.45) is 0 Å². The zero-order valence-corrected chi connectivity index (χ0v) is 22.7. The van der Waals surface area contributed by atoms with Gasteiger partial charge in [-0.15, -0.1) is 0 Å². The van der Waals surface area contributed by atoms with Gasteiger partial charge in [0, 0.05) is 38.4 Å². The Hall–Kier alpha value is -3.66. The third kappa shape index (κ3) is 6.91. The van der Waals surface area contributed by atoms with Crippen molar-refractivity contribution < 1.29 is 30.3 Å². The van der Waals surface area contributed by atoms with Gasteiger partial charge < -0.3 is 41.2 Å². The molecule has 0 aliphatic carbocycles. The van der Waals surface area contributed by atoms with Crippen LogP contribution in [-0.4, -0.2) is 102 Å². The Bertz CT molecular complexity index is 1510. The maximum absolute atomic E-state index is 13.0. The number of hydrogen-bond donors (Lipinski definition) is 8. The molecule has 2 aromatic carbocycles. The van der Waals surface area contributed by atoms with Gasteiger partial charge in [0.25, 0.3) is 5.91 Å². The number of benzene rings is 2. The first-order chi connectivity index (χ1) is 18.8. The fourth-order valence-corrected chi connectivity index (χ4v) is 4.40. The van der Waals surface area contributed by atoms with Crippen LogP contribution in [0.15, 0.2) is 27.8 Å². The van der Waals surface area contributed by atoms with E-state index in [4.69, 9.17) is 0 Å². The van der Waals surface area contributed by atoms with E-state index < -0.39 is 41.7 Å². The second-order valence-electron chi connectivity index (χ2n) is 9.46. The molecule has 4 unspecified atom stereocenters. The van der Waals surface area contributed by atoms with Gasteiger partial charge in [-0.25, -0.2) is 4.98 Å². The number of aliphatic hydroxyl groups is 4. The molecule has 4 atom stereocenters. The summed E-state index contributed by atoms with van der Waals surface area (Å²) < 4.78 is 0. The van der Waals surface area contributed by atoms with Crippen molar-refractivity contribution in [2.75, 3.05) is 26.2 Å². The number of H-pyrrole nitrogens is 1. The molecule has 1 aromatic heterocycles.